The van der Waals surface area contributed by atoms with E-state index in [1.165, 1.54) is 18.3 Å². The van der Waals surface area contributed by atoms with Gasteiger partial charge in [0.1, 0.15) is 22.9 Å². The Hall–Kier alpha value is -3.43. The fraction of sp³-hybridized carbons (Fsp3) is 0.407. The van der Waals surface area contributed by atoms with Crippen LogP contribution >= 0.6 is 0 Å². The van der Waals surface area contributed by atoms with Crippen LogP contribution in [0.15, 0.2) is 48.8 Å². The molecular weight excluding hydrogens is 457 g/mol. The number of pyridine rings is 1. The van der Waals surface area contributed by atoms with E-state index in [9.17, 15) is 9.18 Å². The summed E-state index contributed by atoms with van der Waals surface area (Å²) >= 11 is 0. The first-order chi connectivity index (χ1) is 17.6. The van der Waals surface area contributed by atoms with Gasteiger partial charge in [-0.1, -0.05) is 31.0 Å². The van der Waals surface area contributed by atoms with Gasteiger partial charge in [-0.25, -0.2) is 14.4 Å². The van der Waals surface area contributed by atoms with Gasteiger partial charge in [0.25, 0.3) is 5.91 Å². The standard InChI is InChI=1S/C27H32FN7O/c1-35-13-12-29-16-20(35)14-18-10-11-24(30-15-18)26-31-17-21(25(34-26)32-19-6-2-3-7-19)27(36)33-23-9-5-4-8-22(23)28/h4-5,8-11,15,17,19-20,29H,2-3,6-7,12-14,16H2,1H3,(H,33,36)(H,31,32,34). The minimum absolute atomic E-state index is 0.120. The molecule has 1 atom stereocenters. The van der Waals surface area contributed by atoms with Gasteiger partial charge in [0.05, 0.1) is 5.69 Å². The zero-order valence-corrected chi connectivity index (χ0v) is 20.5. The fourth-order valence-electron chi connectivity index (χ4n) is 4.84. The molecule has 0 bridgehead atoms. The number of piperazine rings is 1. The maximum Gasteiger partial charge on any atom is 0.261 e. The highest BCUT2D eigenvalue weighted by molar-refractivity contribution is 6.07. The molecule has 5 rings (SSSR count). The molecule has 3 aromatic rings. The topological polar surface area (TPSA) is 95.1 Å². The highest BCUT2D eigenvalue weighted by atomic mass is 19.1. The van der Waals surface area contributed by atoms with E-state index in [4.69, 9.17) is 4.98 Å². The summed E-state index contributed by atoms with van der Waals surface area (Å²) in [7, 11) is 2.16. The molecule has 188 valence electrons. The number of anilines is 2. The molecular formula is C27H32FN7O. The zero-order valence-electron chi connectivity index (χ0n) is 20.5. The Balaban J connectivity index is 1.37. The van der Waals surface area contributed by atoms with Gasteiger partial charge in [-0.3, -0.25) is 9.78 Å². The Morgan fingerprint density at radius 3 is 2.72 bits per heavy atom. The smallest absolute Gasteiger partial charge is 0.261 e. The van der Waals surface area contributed by atoms with Crippen molar-refractivity contribution in [3.05, 3.63) is 65.7 Å². The van der Waals surface area contributed by atoms with Gasteiger partial charge in [0, 0.05) is 44.1 Å². The van der Waals surface area contributed by atoms with Gasteiger partial charge in [-0.15, -0.1) is 0 Å². The van der Waals surface area contributed by atoms with E-state index in [0.717, 1.165) is 57.3 Å². The number of para-hydroxylation sites is 1. The minimum atomic E-state index is -0.492. The Kier molecular flexibility index (Phi) is 7.48. The van der Waals surface area contributed by atoms with Gasteiger partial charge >= 0.3 is 0 Å². The van der Waals surface area contributed by atoms with Gasteiger partial charge in [-0.05, 0) is 50.1 Å². The van der Waals surface area contributed by atoms with E-state index in [1.807, 2.05) is 12.3 Å². The van der Waals surface area contributed by atoms with E-state index in [2.05, 4.69) is 43.9 Å². The van der Waals surface area contributed by atoms with E-state index in [0.29, 0.717) is 23.4 Å². The predicted octanol–water partition coefficient (Wildman–Crippen LogP) is 3.73. The normalized spacial score (nSPS) is 18.8. The SMILES string of the molecule is CN1CCNCC1Cc1ccc(-c2ncc(C(=O)Nc3ccccc3F)c(NC3CCCC3)n2)nc1. The summed E-state index contributed by atoms with van der Waals surface area (Å²) in [6, 6.07) is 10.8. The second kappa shape index (κ2) is 11.1. The van der Waals surface area contributed by atoms with Crippen LogP contribution in [0.3, 0.4) is 0 Å². The van der Waals surface area contributed by atoms with Crippen LogP contribution in [0.2, 0.25) is 0 Å². The van der Waals surface area contributed by atoms with Crippen molar-refractivity contribution in [2.75, 3.05) is 37.3 Å². The Labute approximate surface area is 210 Å². The molecule has 1 saturated heterocycles. The number of rotatable bonds is 7. The minimum Gasteiger partial charge on any atom is -0.367 e. The lowest BCUT2D eigenvalue weighted by Crippen LogP contribution is -2.50. The first-order valence-electron chi connectivity index (χ1n) is 12.6. The Morgan fingerprint density at radius 2 is 1.97 bits per heavy atom. The summed E-state index contributed by atoms with van der Waals surface area (Å²) in [5.74, 6) is -0.0590. The summed E-state index contributed by atoms with van der Waals surface area (Å²) in [5, 5.41) is 9.52. The lowest BCUT2D eigenvalue weighted by molar-refractivity contribution is 0.102. The maximum absolute atomic E-state index is 14.1. The van der Waals surface area contributed by atoms with Crippen LogP contribution in [-0.4, -0.2) is 64.5 Å². The molecule has 1 aliphatic heterocycles. The Morgan fingerprint density at radius 1 is 1.14 bits per heavy atom. The summed E-state index contributed by atoms with van der Waals surface area (Å²) in [5.41, 5.74) is 2.20. The molecule has 2 aliphatic rings. The summed E-state index contributed by atoms with van der Waals surface area (Å²) in [6.07, 6.45) is 8.61. The first-order valence-corrected chi connectivity index (χ1v) is 12.6. The number of amides is 1. The Bertz CT molecular complexity index is 1200. The monoisotopic (exact) mass is 489 g/mol. The van der Waals surface area contributed by atoms with Crippen LogP contribution < -0.4 is 16.0 Å². The van der Waals surface area contributed by atoms with Crippen molar-refractivity contribution in [3.8, 4) is 11.5 Å². The van der Waals surface area contributed by atoms with Crippen LogP contribution in [0.1, 0.15) is 41.6 Å². The van der Waals surface area contributed by atoms with Crippen LogP contribution in [0.25, 0.3) is 11.5 Å². The quantitative estimate of drug-likeness (QED) is 0.466. The molecule has 1 aromatic carbocycles. The van der Waals surface area contributed by atoms with Crippen LogP contribution in [0, 0.1) is 5.82 Å². The number of aromatic nitrogens is 3. The average molecular weight is 490 g/mol. The van der Waals surface area contributed by atoms with Crippen LogP contribution in [-0.2, 0) is 6.42 Å². The molecule has 1 saturated carbocycles. The summed E-state index contributed by atoms with van der Waals surface area (Å²) in [4.78, 5) is 29.2. The van der Waals surface area contributed by atoms with Gasteiger partial charge < -0.3 is 20.9 Å². The number of hydrogen-bond donors (Lipinski definition) is 3. The van der Waals surface area contributed by atoms with Gasteiger partial charge in [-0.2, -0.15) is 0 Å². The van der Waals surface area contributed by atoms with E-state index in [-0.39, 0.29) is 17.3 Å². The van der Waals surface area contributed by atoms with Crippen molar-refractivity contribution in [1.82, 2.24) is 25.2 Å². The third-order valence-electron chi connectivity index (χ3n) is 7.02. The second-order valence-corrected chi connectivity index (χ2v) is 9.61. The number of hydrogen-bond acceptors (Lipinski definition) is 7. The van der Waals surface area contributed by atoms with Gasteiger partial charge in [0.15, 0.2) is 5.82 Å². The number of carbonyl (C=O) groups excluding carboxylic acids is 1. The van der Waals surface area contributed by atoms with Crippen LogP contribution in [0.4, 0.5) is 15.9 Å². The van der Waals surface area contributed by atoms with Crippen molar-refractivity contribution in [2.45, 2.75) is 44.2 Å². The molecule has 0 spiro atoms. The molecule has 9 heteroatoms. The molecule has 8 nitrogen and oxygen atoms in total. The van der Waals surface area contributed by atoms with Crippen molar-refractivity contribution in [2.24, 2.45) is 0 Å². The maximum atomic E-state index is 14.1. The molecule has 3 heterocycles. The molecule has 2 aromatic heterocycles. The van der Waals surface area contributed by atoms with Crippen LogP contribution in [0.5, 0.6) is 0 Å². The lowest BCUT2D eigenvalue weighted by atomic mass is 10.0. The molecule has 1 aliphatic carbocycles. The third-order valence-corrected chi connectivity index (χ3v) is 7.02. The molecule has 1 amide bonds. The number of nitrogens with zero attached hydrogens (tertiary/aromatic N) is 4. The number of carbonyl (C=O) groups is 1. The average Bonchev–Trinajstić information content (AvgIpc) is 3.40. The zero-order chi connectivity index (χ0) is 24.9. The number of likely N-dealkylation sites (N-methyl/N-ethyl adjacent to an activating group) is 1. The highest BCUT2D eigenvalue weighted by Gasteiger charge is 2.22. The largest absolute Gasteiger partial charge is 0.367 e. The first kappa shape index (κ1) is 24.3. The molecule has 3 N–H and O–H groups in total. The highest BCUT2D eigenvalue weighted by Crippen LogP contribution is 2.26. The van der Waals surface area contributed by atoms with Crippen molar-refractivity contribution in [1.29, 1.82) is 0 Å². The van der Waals surface area contributed by atoms with E-state index >= 15 is 0 Å². The summed E-state index contributed by atoms with van der Waals surface area (Å²) in [6.45, 7) is 3.03. The number of benzene rings is 1. The lowest BCUT2D eigenvalue weighted by Gasteiger charge is -2.33. The predicted molar refractivity (Wildman–Crippen MR) is 138 cm³/mol. The fourth-order valence-corrected chi connectivity index (χ4v) is 4.84. The van der Waals surface area contributed by atoms with Crippen molar-refractivity contribution >= 4 is 17.4 Å². The van der Waals surface area contributed by atoms with E-state index in [1.54, 1.807) is 12.1 Å². The molecule has 2 fully saturated rings. The van der Waals surface area contributed by atoms with Crippen molar-refractivity contribution in [3.63, 3.8) is 0 Å². The molecule has 0 radical (unpaired) electrons. The summed E-state index contributed by atoms with van der Waals surface area (Å²) < 4.78 is 14.1. The number of halogens is 1. The second-order valence-electron chi connectivity index (χ2n) is 9.61. The van der Waals surface area contributed by atoms with Crippen molar-refractivity contribution < 1.29 is 9.18 Å². The molecule has 36 heavy (non-hydrogen) atoms. The third kappa shape index (κ3) is 5.68. The van der Waals surface area contributed by atoms with E-state index < -0.39 is 11.7 Å². The van der Waals surface area contributed by atoms with Gasteiger partial charge in [0.2, 0.25) is 0 Å². The number of nitrogens with one attached hydrogen (secondary N) is 3. The molecule has 1 unspecified atom stereocenters.